The molecule has 0 heterocycles. The lowest BCUT2D eigenvalue weighted by Crippen LogP contribution is -2.18. The van der Waals surface area contributed by atoms with Crippen molar-refractivity contribution in [3.63, 3.8) is 0 Å². The lowest BCUT2D eigenvalue weighted by Gasteiger charge is -2.23. The number of allylic oxidation sites excluding steroid dienone is 4. The van der Waals surface area contributed by atoms with E-state index >= 15 is 0 Å². The van der Waals surface area contributed by atoms with E-state index in [4.69, 9.17) is 0 Å². The summed E-state index contributed by atoms with van der Waals surface area (Å²) < 4.78 is 14.0. The second-order valence-electron chi connectivity index (χ2n) is 5.41. The van der Waals surface area contributed by atoms with Crippen molar-refractivity contribution in [2.45, 2.75) is 19.8 Å². The molecule has 0 saturated carbocycles. The van der Waals surface area contributed by atoms with Crippen LogP contribution in [0.15, 0.2) is 78.1 Å². The Morgan fingerprint density at radius 2 is 1.57 bits per heavy atom. The molecule has 0 aliphatic heterocycles. The maximum absolute atomic E-state index is 14.0. The van der Waals surface area contributed by atoms with Crippen LogP contribution in [0.25, 0.3) is 0 Å². The van der Waals surface area contributed by atoms with Crippen molar-refractivity contribution in [2.24, 2.45) is 0 Å². The molecular weight excluding hydrogens is 275 g/mol. The number of rotatable bonds is 3. The predicted octanol–water partition coefficient (Wildman–Crippen LogP) is 4.54. The summed E-state index contributed by atoms with van der Waals surface area (Å²) in [4.78, 5) is 0. The molecule has 1 unspecified atom stereocenters. The molecule has 21 heavy (non-hydrogen) atoms. The molecular formula is C19H19OP. The smallest absolute Gasteiger partial charge is 0.167 e. The molecule has 0 radical (unpaired) electrons. The van der Waals surface area contributed by atoms with Crippen molar-refractivity contribution in [1.82, 2.24) is 0 Å². The van der Waals surface area contributed by atoms with Crippen molar-refractivity contribution in [1.29, 1.82) is 0 Å². The Bertz CT molecular complexity index is 724. The van der Waals surface area contributed by atoms with E-state index in [9.17, 15) is 4.57 Å². The summed E-state index contributed by atoms with van der Waals surface area (Å²) in [5.74, 6) is 0. The van der Waals surface area contributed by atoms with E-state index in [0.717, 1.165) is 28.8 Å². The molecule has 0 aromatic heterocycles. The van der Waals surface area contributed by atoms with Gasteiger partial charge in [0.1, 0.15) is 0 Å². The van der Waals surface area contributed by atoms with Gasteiger partial charge in [-0.05, 0) is 25.1 Å². The van der Waals surface area contributed by atoms with Crippen molar-refractivity contribution < 1.29 is 4.57 Å². The number of hydrogen-bond acceptors (Lipinski definition) is 1. The van der Waals surface area contributed by atoms with Gasteiger partial charge in [0, 0.05) is 10.6 Å². The molecule has 1 aliphatic carbocycles. The fourth-order valence-corrected chi connectivity index (χ4v) is 5.59. The summed E-state index contributed by atoms with van der Waals surface area (Å²) in [6.45, 7) is 2.06. The van der Waals surface area contributed by atoms with Gasteiger partial charge >= 0.3 is 0 Å². The molecule has 0 fully saturated rings. The average Bonchev–Trinajstić information content (AvgIpc) is 2.56. The van der Waals surface area contributed by atoms with E-state index in [2.05, 4.69) is 13.0 Å². The van der Waals surface area contributed by atoms with E-state index in [1.165, 1.54) is 5.56 Å². The SMILES string of the molecule is Cc1ccc(P(=O)(C2=CC=CCC2)c2ccccc2)cc1. The third-order valence-electron chi connectivity index (χ3n) is 3.91. The van der Waals surface area contributed by atoms with E-state index in [-0.39, 0.29) is 0 Å². The second kappa shape index (κ2) is 5.87. The standard InChI is InChI=1S/C19H19OP/c1-16-12-14-19(15-13-16)21(20,17-8-4-2-5-9-17)18-10-6-3-7-11-18/h2-6,8-10,12-15H,7,11H2,1H3. The zero-order chi connectivity index (χ0) is 14.7. The molecule has 2 aromatic carbocycles. The van der Waals surface area contributed by atoms with Crippen LogP contribution in [-0.2, 0) is 4.57 Å². The van der Waals surface area contributed by atoms with Crippen LogP contribution in [0.5, 0.6) is 0 Å². The van der Waals surface area contributed by atoms with E-state index in [1.807, 2.05) is 66.7 Å². The fourth-order valence-electron chi connectivity index (χ4n) is 2.73. The molecule has 0 spiro atoms. The first kappa shape index (κ1) is 14.1. The summed E-state index contributed by atoms with van der Waals surface area (Å²) in [6.07, 6.45) is 8.04. The Morgan fingerprint density at radius 3 is 2.19 bits per heavy atom. The monoisotopic (exact) mass is 294 g/mol. The lowest BCUT2D eigenvalue weighted by atomic mass is 10.2. The van der Waals surface area contributed by atoms with Crippen LogP contribution in [0.4, 0.5) is 0 Å². The molecule has 0 N–H and O–H groups in total. The lowest BCUT2D eigenvalue weighted by molar-refractivity contribution is 0.589. The Balaban J connectivity index is 2.20. The maximum Gasteiger partial charge on any atom is 0.167 e. The third-order valence-corrected chi connectivity index (χ3v) is 7.15. The van der Waals surface area contributed by atoms with Gasteiger partial charge in [-0.1, -0.05) is 78.4 Å². The Hall–Kier alpha value is -1.85. The van der Waals surface area contributed by atoms with Crippen LogP contribution >= 0.6 is 7.14 Å². The minimum absolute atomic E-state index is 0.872. The third kappa shape index (κ3) is 2.66. The zero-order valence-corrected chi connectivity index (χ0v) is 13.1. The first-order chi connectivity index (χ1) is 10.2. The van der Waals surface area contributed by atoms with Gasteiger partial charge in [0.15, 0.2) is 7.14 Å². The second-order valence-corrected chi connectivity index (χ2v) is 8.23. The molecule has 2 aromatic rings. The van der Waals surface area contributed by atoms with Gasteiger partial charge in [-0.25, -0.2) is 0 Å². The first-order valence-corrected chi connectivity index (χ1v) is 9.01. The van der Waals surface area contributed by atoms with E-state index in [0.29, 0.717) is 0 Å². The van der Waals surface area contributed by atoms with E-state index in [1.54, 1.807) is 0 Å². The largest absolute Gasteiger partial charge is 0.309 e. The molecule has 1 aliphatic rings. The molecule has 1 atom stereocenters. The fraction of sp³-hybridized carbons (Fsp3) is 0.158. The van der Waals surface area contributed by atoms with Crippen LogP contribution in [0.3, 0.4) is 0 Å². The quantitative estimate of drug-likeness (QED) is 0.759. The van der Waals surface area contributed by atoms with Gasteiger partial charge in [-0.2, -0.15) is 0 Å². The van der Waals surface area contributed by atoms with Crippen LogP contribution < -0.4 is 10.6 Å². The Morgan fingerprint density at radius 1 is 0.905 bits per heavy atom. The highest BCUT2D eigenvalue weighted by atomic mass is 31.2. The molecule has 3 rings (SSSR count). The molecule has 2 heteroatoms. The minimum Gasteiger partial charge on any atom is -0.309 e. The molecule has 0 saturated heterocycles. The summed E-state index contributed by atoms with van der Waals surface area (Å²) >= 11 is 0. The van der Waals surface area contributed by atoms with Crippen molar-refractivity contribution in [2.75, 3.05) is 0 Å². The number of aryl methyl sites for hydroxylation is 1. The van der Waals surface area contributed by atoms with Crippen LogP contribution in [0, 0.1) is 6.92 Å². The topological polar surface area (TPSA) is 17.1 Å². The summed E-state index contributed by atoms with van der Waals surface area (Å²) in [5.41, 5.74) is 1.19. The highest BCUT2D eigenvalue weighted by Crippen LogP contribution is 2.54. The summed E-state index contributed by atoms with van der Waals surface area (Å²) in [6, 6.07) is 18.0. The van der Waals surface area contributed by atoms with Gasteiger partial charge in [0.2, 0.25) is 0 Å². The van der Waals surface area contributed by atoms with Crippen molar-refractivity contribution in [3.05, 3.63) is 83.7 Å². The van der Waals surface area contributed by atoms with Gasteiger partial charge < -0.3 is 4.57 Å². The molecule has 1 nitrogen and oxygen atoms in total. The van der Waals surface area contributed by atoms with Gasteiger partial charge in [0.25, 0.3) is 0 Å². The first-order valence-electron chi connectivity index (χ1n) is 7.30. The van der Waals surface area contributed by atoms with Gasteiger partial charge in [-0.3, -0.25) is 0 Å². The highest BCUT2D eigenvalue weighted by Gasteiger charge is 2.31. The molecule has 0 amide bonds. The Labute approximate surface area is 126 Å². The minimum atomic E-state index is -2.71. The number of hydrogen-bond donors (Lipinski definition) is 0. The van der Waals surface area contributed by atoms with Gasteiger partial charge in [-0.15, -0.1) is 0 Å². The number of benzene rings is 2. The zero-order valence-electron chi connectivity index (χ0n) is 12.2. The Kier molecular flexibility index (Phi) is 3.94. The van der Waals surface area contributed by atoms with Crippen LogP contribution in [0.2, 0.25) is 0 Å². The normalized spacial score (nSPS) is 17.1. The van der Waals surface area contributed by atoms with Crippen LogP contribution in [0.1, 0.15) is 18.4 Å². The molecule has 0 bridgehead atoms. The summed E-state index contributed by atoms with van der Waals surface area (Å²) in [5, 5.41) is 2.91. The summed E-state index contributed by atoms with van der Waals surface area (Å²) in [7, 11) is -2.71. The van der Waals surface area contributed by atoms with Crippen molar-refractivity contribution in [3.8, 4) is 0 Å². The van der Waals surface area contributed by atoms with E-state index < -0.39 is 7.14 Å². The van der Waals surface area contributed by atoms with Crippen LogP contribution in [-0.4, -0.2) is 0 Å². The molecule has 106 valence electrons. The van der Waals surface area contributed by atoms with Crippen molar-refractivity contribution >= 4 is 17.8 Å². The average molecular weight is 294 g/mol. The maximum atomic E-state index is 14.0. The highest BCUT2D eigenvalue weighted by molar-refractivity contribution is 7.82. The predicted molar refractivity (Wildman–Crippen MR) is 91.0 cm³/mol. The van der Waals surface area contributed by atoms with Gasteiger partial charge in [0.05, 0.1) is 0 Å².